The molecule has 104 valence electrons. The van der Waals surface area contributed by atoms with Crippen LogP contribution in [0.4, 0.5) is 8.78 Å². The molecule has 0 saturated carbocycles. The second-order valence-electron chi connectivity index (χ2n) is 4.60. The van der Waals surface area contributed by atoms with Gasteiger partial charge in [-0.2, -0.15) is 0 Å². The third-order valence-corrected chi connectivity index (χ3v) is 3.98. The van der Waals surface area contributed by atoms with Crippen LogP contribution in [0.25, 0.3) is 0 Å². The van der Waals surface area contributed by atoms with Crippen LogP contribution < -0.4 is 10.1 Å². The molecule has 2 nitrogen and oxygen atoms in total. The van der Waals surface area contributed by atoms with Crippen LogP contribution in [0.1, 0.15) is 17.2 Å². The Hall–Kier alpha value is -1.46. The quantitative estimate of drug-likeness (QED) is 0.855. The van der Waals surface area contributed by atoms with Crippen LogP contribution in [0.5, 0.6) is 5.75 Å². The lowest BCUT2D eigenvalue weighted by Gasteiger charge is -2.13. The molecule has 2 aromatic carbocycles. The number of fused-ring (bicyclic) bond motifs is 1. The molecule has 0 amide bonds. The number of rotatable bonds is 3. The van der Waals surface area contributed by atoms with Crippen LogP contribution in [-0.2, 0) is 6.54 Å². The number of hydrogen-bond donors (Lipinski definition) is 1. The van der Waals surface area contributed by atoms with Crippen molar-refractivity contribution in [1.82, 2.24) is 5.32 Å². The van der Waals surface area contributed by atoms with E-state index in [9.17, 15) is 8.78 Å². The van der Waals surface area contributed by atoms with Crippen molar-refractivity contribution in [2.45, 2.75) is 12.6 Å². The predicted octanol–water partition coefficient (Wildman–Crippen LogP) is 3.95. The maximum Gasteiger partial charge on any atom is 0.144 e. The molecule has 3 rings (SSSR count). The van der Waals surface area contributed by atoms with Crippen LogP contribution >= 0.6 is 15.9 Å². The van der Waals surface area contributed by atoms with Crippen molar-refractivity contribution >= 4 is 15.9 Å². The smallest absolute Gasteiger partial charge is 0.144 e. The van der Waals surface area contributed by atoms with Gasteiger partial charge in [-0.15, -0.1) is 0 Å². The summed E-state index contributed by atoms with van der Waals surface area (Å²) in [5.74, 6) is -0.296. The molecular weight excluding hydrogens is 328 g/mol. The summed E-state index contributed by atoms with van der Waals surface area (Å²) in [5.41, 5.74) is 1.05. The molecule has 1 aliphatic rings. The molecule has 1 N–H and O–H groups in total. The van der Waals surface area contributed by atoms with Crippen LogP contribution in [0.15, 0.2) is 40.9 Å². The zero-order chi connectivity index (χ0) is 14.1. The van der Waals surface area contributed by atoms with Crippen molar-refractivity contribution in [2.24, 2.45) is 0 Å². The molecule has 0 bridgehead atoms. The van der Waals surface area contributed by atoms with Gasteiger partial charge in [0.15, 0.2) is 0 Å². The highest BCUT2D eigenvalue weighted by Gasteiger charge is 2.24. The summed E-state index contributed by atoms with van der Waals surface area (Å²) in [7, 11) is 0. The molecule has 0 fully saturated rings. The Labute approximate surface area is 123 Å². The molecule has 1 atom stereocenters. The Balaban J connectivity index is 1.77. The molecule has 0 radical (unpaired) electrons. The lowest BCUT2D eigenvalue weighted by atomic mass is 10.1. The third-order valence-electron chi connectivity index (χ3n) is 3.36. The number of halogens is 3. The van der Waals surface area contributed by atoms with Crippen molar-refractivity contribution in [2.75, 3.05) is 6.61 Å². The monoisotopic (exact) mass is 339 g/mol. The van der Waals surface area contributed by atoms with Crippen LogP contribution in [0.3, 0.4) is 0 Å². The van der Waals surface area contributed by atoms with Crippen LogP contribution in [0, 0.1) is 11.6 Å². The van der Waals surface area contributed by atoms with E-state index < -0.39 is 11.6 Å². The lowest BCUT2D eigenvalue weighted by molar-refractivity contribution is 0.309. The van der Waals surface area contributed by atoms with Crippen molar-refractivity contribution in [3.63, 3.8) is 0 Å². The molecule has 0 spiro atoms. The number of hydrogen-bond acceptors (Lipinski definition) is 2. The van der Waals surface area contributed by atoms with Crippen LogP contribution in [0.2, 0.25) is 0 Å². The zero-order valence-electron chi connectivity index (χ0n) is 10.5. The fourth-order valence-electron chi connectivity index (χ4n) is 2.29. The van der Waals surface area contributed by atoms with E-state index in [0.717, 1.165) is 11.3 Å². The summed E-state index contributed by atoms with van der Waals surface area (Å²) >= 11 is 3.07. The van der Waals surface area contributed by atoms with E-state index in [0.29, 0.717) is 6.61 Å². The average molecular weight is 340 g/mol. The van der Waals surface area contributed by atoms with E-state index >= 15 is 0 Å². The first-order chi connectivity index (χ1) is 9.66. The SMILES string of the molecule is Fc1ccc(Br)c(F)c1CNC1COc2ccccc21. The van der Waals surface area contributed by atoms with Crippen LogP contribution in [-0.4, -0.2) is 6.61 Å². The summed E-state index contributed by atoms with van der Waals surface area (Å²) in [6.07, 6.45) is 0. The Morgan fingerprint density at radius 3 is 2.85 bits per heavy atom. The number of ether oxygens (including phenoxy) is 1. The van der Waals surface area contributed by atoms with Crippen molar-refractivity contribution < 1.29 is 13.5 Å². The van der Waals surface area contributed by atoms with Gasteiger partial charge >= 0.3 is 0 Å². The fraction of sp³-hybridized carbons (Fsp3) is 0.200. The highest BCUT2D eigenvalue weighted by molar-refractivity contribution is 9.10. The average Bonchev–Trinajstić information content (AvgIpc) is 2.87. The summed E-state index contributed by atoms with van der Waals surface area (Å²) < 4.78 is 33.3. The highest BCUT2D eigenvalue weighted by Crippen LogP contribution is 2.32. The standard InChI is InChI=1S/C15H12BrF2NO/c16-11-5-6-12(17)10(15(11)18)7-19-13-8-20-14-4-2-1-3-9(13)14/h1-6,13,19H,7-8H2. The van der Waals surface area contributed by atoms with Gasteiger partial charge in [0.1, 0.15) is 24.0 Å². The van der Waals surface area contributed by atoms with Gasteiger partial charge in [0, 0.05) is 17.7 Å². The molecular formula is C15H12BrF2NO. The topological polar surface area (TPSA) is 21.3 Å². The fourth-order valence-corrected chi connectivity index (χ4v) is 2.66. The highest BCUT2D eigenvalue weighted by atomic mass is 79.9. The second-order valence-corrected chi connectivity index (χ2v) is 5.46. The number of benzene rings is 2. The summed E-state index contributed by atoms with van der Waals surface area (Å²) in [6, 6.07) is 10.2. The third kappa shape index (κ3) is 2.43. The molecule has 0 aromatic heterocycles. The van der Waals surface area contributed by atoms with E-state index in [-0.39, 0.29) is 22.6 Å². The van der Waals surface area contributed by atoms with E-state index in [2.05, 4.69) is 21.2 Å². The molecule has 1 unspecified atom stereocenters. The molecule has 1 heterocycles. The molecule has 2 aromatic rings. The van der Waals surface area contributed by atoms with Crippen molar-refractivity contribution in [1.29, 1.82) is 0 Å². The Morgan fingerprint density at radius 1 is 1.20 bits per heavy atom. The summed E-state index contributed by atoms with van der Waals surface area (Å²) in [6.45, 7) is 0.579. The minimum Gasteiger partial charge on any atom is -0.491 e. The Kier molecular flexibility index (Phi) is 3.72. The van der Waals surface area contributed by atoms with Gasteiger partial charge in [0.25, 0.3) is 0 Å². The van der Waals surface area contributed by atoms with Gasteiger partial charge in [0.05, 0.1) is 10.5 Å². The van der Waals surface area contributed by atoms with Gasteiger partial charge in [-0.05, 0) is 34.1 Å². The maximum atomic E-state index is 13.9. The minimum absolute atomic E-state index is 0.0313. The second kappa shape index (κ2) is 5.50. The maximum absolute atomic E-state index is 13.9. The lowest BCUT2D eigenvalue weighted by Crippen LogP contribution is -2.23. The summed E-state index contributed by atoms with van der Waals surface area (Å²) in [5, 5.41) is 3.14. The molecule has 20 heavy (non-hydrogen) atoms. The largest absolute Gasteiger partial charge is 0.491 e. The van der Waals surface area contributed by atoms with E-state index in [1.54, 1.807) is 0 Å². The molecule has 0 aliphatic carbocycles. The predicted molar refractivity (Wildman–Crippen MR) is 75.6 cm³/mol. The first-order valence-electron chi connectivity index (χ1n) is 6.24. The van der Waals surface area contributed by atoms with Gasteiger partial charge in [-0.25, -0.2) is 8.78 Å². The van der Waals surface area contributed by atoms with Gasteiger partial charge < -0.3 is 10.1 Å². The Bertz CT molecular complexity index is 648. The molecule has 1 aliphatic heterocycles. The van der Waals surface area contributed by atoms with E-state index in [4.69, 9.17) is 4.74 Å². The normalized spacial score (nSPS) is 16.9. The van der Waals surface area contributed by atoms with E-state index in [1.165, 1.54) is 12.1 Å². The number of para-hydroxylation sites is 1. The van der Waals surface area contributed by atoms with Gasteiger partial charge in [0.2, 0.25) is 0 Å². The minimum atomic E-state index is -0.565. The van der Waals surface area contributed by atoms with Crippen molar-refractivity contribution in [3.05, 3.63) is 63.6 Å². The summed E-state index contributed by atoms with van der Waals surface area (Å²) in [4.78, 5) is 0. The zero-order valence-corrected chi connectivity index (χ0v) is 12.1. The molecule has 0 saturated heterocycles. The number of nitrogens with one attached hydrogen (secondary N) is 1. The first-order valence-corrected chi connectivity index (χ1v) is 7.03. The molecule has 5 heteroatoms. The first kappa shape index (κ1) is 13.5. The Morgan fingerprint density at radius 2 is 2.00 bits per heavy atom. The van der Waals surface area contributed by atoms with Crippen molar-refractivity contribution in [3.8, 4) is 5.75 Å². The van der Waals surface area contributed by atoms with E-state index in [1.807, 2.05) is 24.3 Å². The van der Waals surface area contributed by atoms with Gasteiger partial charge in [-0.1, -0.05) is 18.2 Å². The van der Waals surface area contributed by atoms with Gasteiger partial charge in [-0.3, -0.25) is 0 Å².